The molecule has 0 saturated carbocycles. The number of pyridine rings is 1. The molecule has 0 fully saturated rings. The topological polar surface area (TPSA) is 65.4 Å². The Kier molecular flexibility index (Phi) is 5.03. The van der Waals surface area contributed by atoms with Crippen molar-refractivity contribution in [2.45, 2.75) is 12.1 Å². The van der Waals surface area contributed by atoms with E-state index in [9.17, 15) is 10.2 Å². The van der Waals surface area contributed by atoms with E-state index in [1.54, 1.807) is 18.5 Å². The first-order valence-corrected chi connectivity index (χ1v) is 6.28. The van der Waals surface area contributed by atoms with Crippen LogP contribution in [0.5, 0.6) is 0 Å². The molecule has 2 aromatic rings. The molecule has 0 radical (unpaired) electrons. The normalized spacial score (nSPS) is 14.0. The number of benzene rings is 1. The Morgan fingerprint density at radius 2 is 1.79 bits per heavy atom. The maximum absolute atomic E-state index is 10.0. The minimum Gasteiger partial charge on any atom is -0.394 e. The number of nitrogens with one attached hydrogen (secondary N) is 1. The van der Waals surface area contributed by atoms with Crippen molar-refractivity contribution >= 4 is 0 Å². The Bertz CT molecular complexity index is 476. The second kappa shape index (κ2) is 6.99. The van der Waals surface area contributed by atoms with Crippen LogP contribution in [0.1, 0.15) is 23.3 Å². The van der Waals surface area contributed by atoms with Gasteiger partial charge in [-0.3, -0.25) is 4.98 Å². The van der Waals surface area contributed by atoms with Gasteiger partial charge in [0.25, 0.3) is 0 Å². The van der Waals surface area contributed by atoms with Gasteiger partial charge in [-0.1, -0.05) is 36.4 Å². The lowest BCUT2D eigenvalue weighted by Gasteiger charge is -2.19. The molecular formula is C15H18N2O2. The molecule has 2 rings (SSSR count). The number of aromatic nitrogens is 1. The van der Waals surface area contributed by atoms with E-state index in [0.29, 0.717) is 6.54 Å². The molecule has 0 amide bonds. The van der Waals surface area contributed by atoms with Crippen molar-refractivity contribution in [1.82, 2.24) is 10.3 Å². The van der Waals surface area contributed by atoms with Crippen molar-refractivity contribution in [1.29, 1.82) is 0 Å². The van der Waals surface area contributed by atoms with E-state index in [0.717, 1.165) is 11.1 Å². The molecule has 0 spiro atoms. The van der Waals surface area contributed by atoms with Crippen molar-refractivity contribution in [2.75, 3.05) is 13.2 Å². The van der Waals surface area contributed by atoms with Crippen molar-refractivity contribution < 1.29 is 10.2 Å². The van der Waals surface area contributed by atoms with Crippen molar-refractivity contribution in [2.24, 2.45) is 0 Å². The molecule has 0 saturated heterocycles. The highest BCUT2D eigenvalue weighted by molar-refractivity contribution is 5.19. The quantitative estimate of drug-likeness (QED) is 0.733. The fourth-order valence-electron chi connectivity index (χ4n) is 1.92. The van der Waals surface area contributed by atoms with Crippen LogP contribution in [-0.2, 0) is 0 Å². The Labute approximate surface area is 112 Å². The standard InChI is InChI=1S/C15H18N2O2/c18-11-14(12-5-2-1-3-6-12)17-10-15(19)13-7-4-8-16-9-13/h1-9,14-15,17-19H,10-11H2/t14-,15+/m1/s1. The Balaban J connectivity index is 1.94. The fraction of sp³-hybridized carbons (Fsp3) is 0.267. The van der Waals surface area contributed by atoms with Gasteiger partial charge in [-0.25, -0.2) is 0 Å². The van der Waals surface area contributed by atoms with Crippen LogP contribution in [-0.4, -0.2) is 28.3 Å². The first kappa shape index (κ1) is 13.7. The summed E-state index contributed by atoms with van der Waals surface area (Å²) in [5.41, 5.74) is 1.77. The van der Waals surface area contributed by atoms with E-state index in [4.69, 9.17) is 0 Å². The first-order valence-electron chi connectivity index (χ1n) is 6.28. The Morgan fingerprint density at radius 3 is 2.42 bits per heavy atom. The molecule has 1 aromatic carbocycles. The summed E-state index contributed by atoms with van der Waals surface area (Å²) in [6, 6.07) is 13.1. The van der Waals surface area contributed by atoms with Crippen LogP contribution in [0.3, 0.4) is 0 Å². The summed E-state index contributed by atoms with van der Waals surface area (Å²) < 4.78 is 0. The number of aliphatic hydroxyl groups excluding tert-OH is 2. The summed E-state index contributed by atoms with van der Waals surface area (Å²) in [5, 5.41) is 22.6. The van der Waals surface area contributed by atoms with Gasteiger partial charge >= 0.3 is 0 Å². The van der Waals surface area contributed by atoms with E-state index in [1.165, 1.54) is 0 Å². The average molecular weight is 258 g/mol. The Hall–Kier alpha value is -1.75. The highest BCUT2D eigenvalue weighted by Gasteiger charge is 2.13. The predicted octanol–water partition coefficient (Wildman–Crippen LogP) is 1.44. The maximum atomic E-state index is 10.0. The molecule has 0 bridgehead atoms. The minimum atomic E-state index is -0.633. The van der Waals surface area contributed by atoms with E-state index in [-0.39, 0.29) is 12.6 Å². The summed E-state index contributed by atoms with van der Waals surface area (Å²) in [6.07, 6.45) is 2.68. The summed E-state index contributed by atoms with van der Waals surface area (Å²) in [4.78, 5) is 3.97. The molecule has 0 aliphatic rings. The van der Waals surface area contributed by atoms with Crippen molar-refractivity contribution in [3.63, 3.8) is 0 Å². The number of rotatable bonds is 6. The van der Waals surface area contributed by atoms with Crippen LogP contribution < -0.4 is 5.32 Å². The molecule has 0 unspecified atom stereocenters. The molecule has 0 aliphatic heterocycles. The number of hydrogen-bond acceptors (Lipinski definition) is 4. The second-order valence-corrected chi connectivity index (χ2v) is 4.36. The molecule has 4 heteroatoms. The monoisotopic (exact) mass is 258 g/mol. The van der Waals surface area contributed by atoms with Crippen LogP contribution >= 0.6 is 0 Å². The average Bonchev–Trinajstić information content (AvgIpc) is 2.49. The number of hydrogen-bond donors (Lipinski definition) is 3. The molecule has 19 heavy (non-hydrogen) atoms. The van der Waals surface area contributed by atoms with E-state index >= 15 is 0 Å². The molecule has 1 aromatic heterocycles. The van der Waals surface area contributed by atoms with E-state index in [1.807, 2.05) is 36.4 Å². The summed E-state index contributed by atoms with van der Waals surface area (Å²) >= 11 is 0. The highest BCUT2D eigenvalue weighted by Crippen LogP contribution is 2.14. The lowest BCUT2D eigenvalue weighted by Crippen LogP contribution is -2.28. The van der Waals surface area contributed by atoms with Crippen LogP contribution in [0.25, 0.3) is 0 Å². The fourth-order valence-corrected chi connectivity index (χ4v) is 1.92. The van der Waals surface area contributed by atoms with Gasteiger partial charge in [-0.05, 0) is 11.6 Å². The largest absolute Gasteiger partial charge is 0.394 e. The lowest BCUT2D eigenvalue weighted by atomic mass is 10.1. The van der Waals surface area contributed by atoms with Gasteiger partial charge in [0.15, 0.2) is 0 Å². The SMILES string of the molecule is OC[C@@H](NC[C@H](O)c1cccnc1)c1ccccc1. The van der Waals surface area contributed by atoms with Gasteiger partial charge in [0, 0.05) is 24.5 Å². The first-order chi connectivity index (χ1) is 9.31. The lowest BCUT2D eigenvalue weighted by molar-refractivity contribution is 0.158. The second-order valence-electron chi connectivity index (χ2n) is 4.36. The zero-order valence-electron chi connectivity index (χ0n) is 10.6. The molecule has 100 valence electrons. The van der Waals surface area contributed by atoms with Gasteiger partial charge in [-0.2, -0.15) is 0 Å². The van der Waals surface area contributed by atoms with E-state index in [2.05, 4.69) is 10.3 Å². The van der Waals surface area contributed by atoms with Crippen LogP contribution in [0.2, 0.25) is 0 Å². The van der Waals surface area contributed by atoms with Crippen LogP contribution in [0, 0.1) is 0 Å². The van der Waals surface area contributed by atoms with Gasteiger partial charge < -0.3 is 15.5 Å². The molecule has 0 aliphatic carbocycles. The molecule has 2 atom stereocenters. The Morgan fingerprint density at radius 1 is 1.05 bits per heavy atom. The third kappa shape index (κ3) is 3.86. The van der Waals surface area contributed by atoms with Gasteiger partial charge in [0.05, 0.1) is 18.8 Å². The van der Waals surface area contributed by atoms with Crippen molar-refractivity contribution in [3.8, 4) is 0 Å². The third-order valence-electron chi connectivity index (χ3n) is 3.01. The van der Waals surface area contributed by atoms with Crippen molar-refractivity contribution in [3.05, 3.63) is 66.0 Å². The van der Waals surface area contributed by atoms with Gasteiger partial charge in [0.2, 0.25) is 0 Å². The zero-order valence-corrected chi connectivity index (χ0v) is 10.6. The molecular weight excluding hydrogens is 240 g/mol. The summed E-state index contributed by atoms with van der Waals surface area (Å²) in [7, 11) is 0. The minimum absolute atomic E-state index is 0.0101. The van der Waals surface area contributed by atoms with Gasteiger partial charge in [-0.15, -0.1) is 0 Å². The smallest absolute Gasteiger partial charge is 0.0929 e. The molecule has 4 nitrogen and oxygen atoms in total. The molecule has 3 N–H and O–H groups in total. The van der Waals surface area contributed by atoms with Gasteiger partial charge in [0.1, 0.15) is 0 Å². The predicted molar refractivity (Wildman–Crippen MR) is 73.5 cm³/mol. The number of aliphatic hydroxyl groups is 2. The van der Waals surface area contributed by atoms with E-state index < -0.39 is 6.10 Å². The van der Waals surface area contributed by atoms with Crippen LogP contribution in [0.15, 0.2) is 54.9 Å². The highest BCUT2D eigenvalue weighted by atomic mass is 16.3. The number of nitrogens with zero attached hydrogens (tertiary/aromatic N) is 1. The summed E-state index contributed by atoms with van der Waals surface area (Å²) in [6.45, 7) is 0.357. The maximum Gasteiger partial charge on any atom is 0.0929 e. The zero-order chi connectivity index (χ0) is 13.5. The third-order valence-corrected chi connectivity index (χ3v) is 3.01. The van der Waals surface area contributed by atoms with Crippen LogP contribution in [0.4, 0.5) is 0 Å². The summed E-state index contributed by atoms with van der Waals surface area (Å²) in [5.74, 6) is 0. The molecule has 1 heterocycles.